The van der Waals surface area contributed by atoms with Gasteiger partial charge in [-0.15, -0.1) is 0 Å². The number of methoxy groups -OCH3 is 1. The number of amides is 1. The summed E-state index contributed by atoms with van der Waals surface area (Å²) < 4.78 is 10.8. The van der Waals surface area contributed by atoms with E-state index in [0.29, 0.717) is 61.7 Å². The normalized spacial score (nSPS) is 15.2. The molecule has 0 saturated carbocycles. The molecule has 2 aromatic rings. The zero-order valence-corrected chi connectivity index (χ0v) is 17.1. The lowest BCUT2D eigenvalue weighted by Crippen LogP contribution is -2.40. The number of pyridine rings is 2. The summed E-state index contributed by atoms with van der Waals surface area (Å²) in [7, 11) is 3.40. The van der Waals surface area contributed by atoms with E-state index in [0.717, 1.165) is 22.6 Å². The fourth-order valence-electron chi connectivity index (χ4n) is 3.81. The second kappa shape index (κ2) is 8.51. The molecule has 0 atom stereocenters. The van der Waals surface area contributed by atoms with E-state index in [1.54, 1.807) is 24.3 Å². The molecule has 1 N–H and O–H groups in total. The SMILES string of the molecule is CNc1cc(Cc2ncc(C(=O)N3CCOCC3)cc2OC)nc2c1C(C#N)=CC2. The van der Waals surface area contributed by atoms with Gasteiger partial charge in [0.15, 0.2) is 0 Å². The standard InChI is InChI=1S/C22H23N5O3/c1-24-19-11-16(26-17-4-3-14(12-23)21(17)19)10-18-20(29-2)9-15(13-25-18)22(28)27-5-7-30-8-6-27/h3,9,11,13H,4-8,10H2,1-2H3,(H,24,26). The smallest absolute Gasteiger partial charge is 0.255 e. The third kappa shape index (κ3) is 3.72. The van der Waals surface area contributed by atoms with Crippen molar-refractivity contribution in [1.82, 2.24) is 14.9 Å². The maximum atomic E-state index is 12.7. The van der Waals surface area contributed by atoms with Crippen LogP contribution in [0.25, 0.3) is 5.57 Å². The van der Waals surface area contributed by atoms with E-state index in [4.69, 9.17) is 14.5 Å². The molecular formula is C22H23N5O3. The molecular weight excluding hydrogens is 382 g/mol. The van der Waals surface area contributed by atoms with Crippen molar-refractivity contribution in [2.75, 3.05) is 45.8 Å². The number of allylic oxidation sites excluding steroid dienone is 2. The second-order valence-corrected chi connectivity index (χ2v) is 7.12. The first-order valence-corrected chi connectivity index (χ1v) is 9.85. The molecule has 0 aromatic carbocycles. The molecule has 0 unspecified atom stereocenters. The lowest BCUT2D eigenvalue weighted by atomic mass is 10.1. The number of morpholine rings is 1. The molecule has 154 valence electrons. The summed E-state index contributed by atoms with van der Waals surface area (Å²) in [6.45, 7) is 2.25. The number of hydrogen-bond donors (Lipinski definition) is 1. The Labute approximate surface area is 175 Å². The first-order valence-electron chi connectivity index (χ1n) is 9.85. The summed E-state index contributed by atoms with van der Waals surface area (Å²) >= 11 is 0. The number of ether oxygens (including phenoxy) is 2. The van der Waals surface area contributed by atoms with Crippen LogP contribution in [-0.4, -0.2) is 61.2 Å². The molecule has 1 aliphatic heterocycles. The predicted molar refractivity (Wildman–Crippen MR) is 111 cm³/mol. The third-order valence-electron chi connectivity index (χ3n) is 5.35. The van der Waals surface area contributed by atoms with Crippen molar-refractivity contribution >= 4 is 17.2 Å². The monoisotopic (exact) mass is 405 g/mol. The zero-order valence-electron chi connectivity index (χ0n) is 17.1. The first-order chi connectivity index (χ1) is 14.6. The summed E-state index contributed by atoms with van der Waals surface area (Å²) in [4.78, 5) is 23.7. The summed E-state index contributed by atoms with van der Waals surface area (Å²) in [5.41, 5.74) is 5.30. The van der Waals surface area contributed by atoms with Crippen molar-refractivity contribution in [3.05, 3.63) is 52.6 Å². The highest BCUT2D eigenvalue weighted by atomic mass is 16.5. The van der Waals surface area contributed by atoms with Crippen molar-refractivity contribution in [2.24, 2.45) is 0 Å². The van der Waals surface area contributed by atoms with E-state index in [2.05, 4.69) is 16.4 Å². The number of carbonyl (C=O) groups excluding carboxylic acids is 1. The molecule has 0 spiro atoms. The molecule has 30 heavy (non-hydrogen) atoms. The van der Waals surface area contributed by atoms with Crippen LogP contribution in [0.2, 0.25) is 0 Å². The van der Waals surface area contributed by atoms with Gasteiger partial charge in [-0.1, -0.05) is 6.08 Å². The Bertz CT molecular complexity index is 1050. The highest BCUT2D eigenvalue weighted by Gasteiger charge is 2.23. The highest BCUT2D eigenvalue weighted by molar-refractivity contribution is 5.94. The number of nitrogens with zero attached hydrogens (tertiary/aromatic N) is 4. The van der Waals surface area contributed by atoms with Crippen LogP contribution in [0.3, 0.4) is 0 Å². The molecule has 1 aliphatic carbocycles. The molecule has 8 heteroatoms. The van der Waals surface area contributed by atoms with Gasteiger partial charge in [0.25, 0.3) is 5.91 Å². The van der Waals surface area contributed by atoms with Gasteiger partial charge in [0.2, 0.25) is 0 Å². The lowest BCUT2D eigenvalue weighted by Gasteiger charge is -2.27. The first kappa shape index (κ1) is 19.9. The van der Waals surface area contributed by atoms with Crippen molar-refractivity contribution in [1.29, 1.82) is 5.26 Å². The Kier molecular flexibility index (Phi) is 5.63. The number of aromatic nitrogens is 2. The Hall–Kier alpha value is -3.44. The van der Waals surface area contributed by atoms with Crippen molar-refractivity contribution in [3.63, 3.8) is 0 Å². The van der Waals surface area contributed by atoms with Crippen LogP contribution in [0.5, 0.6) is 5.75 Å². The van der Waals surface area contributed by atoms with Crippen LogP contribution in [-0.2, 0) is 17.6 Å². The molecule has 2 aromatic heterocycles. The molecule has 2 aliphatic rings. The molecule has 1 saturated heterocycles. The molecule has 3 heterocycles. The summed E-state index contributed by atoms with van der Waals surface area (Å²) in [5.74, 6) is 0.483. The maximum Gasteiger partial charge on any atom is 0.255 e. The van der Waals surface area contributed by atoms with E-state index in [9.17, 15) is 10.1 Å². The summed E-state index contributed by atoms with van der Waals surface area (Å²) in [6.07, 6.45) is 4.59. The molecule has 1 amide bonds. The summed E-state index contributed by atoms with van der Waals surface area (Å²) in [6, 6.07) is 5.90. The number of nitriles is 1. The predicted octanol–water partition coefficient (Wildman–Crippen LogP) is 2.05. The minimum absolute atomic E-state index is 0.0705. The fourth-order valence-corrected chi connectivity index (χ4v) is 3.81. The fraction of sp³-hybridized carbons (Fsp3) is 0.364. The maximum absolute atomic E-state index is 12.7. The van der Waals surface area contributed by atoms with Gasteiger partial charge in [-0.25, -0.2) is 0 Å². The Balaban J connectivity index is 1.60. The number of hydrogen-bond acceptors (Lipinski definition) is 7. The van der Waals surface area contributed by atoms with Crippen LogP contribution in [0, 0.1) is 11.3 Å². The zero-order chi connectivity index (χ0) is 21.1. The van der Waals surface area contributed by atoms with Crippen LogP contribution >= 0.6 is 0 Å². The quantitative estimate of drug-likeness (QED) is 0.812. The van der Waals surface area contributed by atoms with Crippen molar-refractivity contribution in [2.45, 2.75) is 12.8 Å². The van der Waals surface area contributed by atoms with Crippen LogP contribution in [0.1, 0.15) is 33.0 Å². The number of rotatable bonds is 5. The van der Waals surface area contributed by atoms with Crippen molar-refractivity contribution < 1.29 is 14.3 Å². The van der Waals surface area contributed by atoms with Gasteiger partial charge in [0, 0.05) is 56.1 Å². The van der Waals surface area contributed by atoms with Gasteiger partial charge < -0.3 is 19.7 Å². The number of carbonyl (C=O) groups is 1. The van der Waals surface area contributed by atoms with E-state index >= 15 is 0 Å². The number of nitrogens with one attached hydrogen (secondary N) is 1. The second-order valence-electron chi connectivity index (χ2n) is 7.12. The summed E-state index contributed by atoms with van der Waals surface area (Å²) in [5, 5.41) is 12.5. The van der Waals surface area contributed by atoms with Gasteiger partial charge in [-0.2, -0.15) is 5.26 Å². The van der Waals surface area contributed by atoms with Gasteiger partial charge in [0.05, 0.1) is 48.9 Å². The molecule has 1 fully saturated rings. The van der Waals surface area contributed by atoms with E-state index in [1.165, 1.54) is 0 Å². The Morgan fingerprint density at radius 2 is 2.17 bits per heavy atom. The largest absolute Gasteiger partial charge is 0.495 e. The average Bonchev–Trinajstić information content (AvgIpc) is 3.22. The van der Waals surface area contributed by atoms with Crippen molar-refractivity contribution in [3.8, 4) is 11.8 Å². The van der Waals surface area contributed by atoms with Gasteiger partial charge in [-0.3, -0.25) is 14.8 Å². The number of fused-ring (bicyclic) bond motifs is 1. The Morgan fingerprint density at radius 3 is 2.87 bits per heavy atom. The third-order valence-corrected chi connectivity index (χ3v) is 5.35. The van der Waals surface area contributed by atoms with Gasteiger partial charge >= 0.3 is 0 Å². The van der Waals surface area contributed by atoms with Crippen LogP contribution < -0.4 is 10.1 Å². The average molecular weight is 405 g/mol. The lowest BCUT2D eigenvalue weighted by molar-refractivity contribution is 0.0302. The van der Waals surface area contributed by atoms with Crippen LogP contribution in [0.15, 0.2) is 24.4 Å². The minimum atomic E-state index is -0.0705. The molecule has 0 radical (unpaired) electrons. The topological polar surface area (TPSA) is 100 Å². The Morgan fingerprint density at radius 1 is 1.37 bits per heavy atom. The molecule has 0 bridgehead atoms. The highest BCUT2D eigenvalue weighted by Crippen LogP contribution is 2.33. The van der Waals surface area contributed by atoms with E-state index in [1.807, 2.05) is 19.2 Å². The van der Waals surface area contributed by atoms with E-state index < -0.39 is 0 Å². The molecule has 4 rings (SSSR count). The minimum Gasteiger partial charge on any atom is -0.495 e. The van der Waals surface area contributed by atoms with Gasteiger partial charge in [0.1, 0.15) is 5.75 Å². The van der Waals surface area contributed by atoms with E-state index in [-0.39, 0.29) is 5.91 Å². The van der Waals surface area contributed by atoms with Gasteiger partial charge in [-0.05, 0) is 12.1 Å². The number of anilines is 1. The van der Waals surface area contributed by atoms with Crippen LogP contribution in [0.4, 0.5) is 5.69 Å². The molecule has 8 nitrogen and oxygen atoms in total.